The Labute approximate surface area is 115 Å². The first-order valence-corrected chi connectivity index (χ1v) is 5.96. The van der Waals surface area contributed by atoms with Gasteiger partial charge in [-0.2, -0.15) is 4.98 Å². The topological polar surface area (TPSA) is 111 Å². The summed E-state index contributed by atoms with van der Waals surface area (Å²) in [4.78, 5) is 23.9. The van der Waals surface area contributed by atoms with Gasteiger partial charge in [-0.1, -0.05) is 6.07 Å². The fourth-order valence-electron chi connectivity index (χ4n) is 1.72. The number of hydrogen-bond acceptors (Lipinski definition) is 7. The summed E-state index contributed by atoms with van der Waals surface area (Å²) in [6, 6.07) is 5.63. The first-order chi connectivity index (χ1) is 9.58. The smallest absolute Gasteiger partial charge is 0.329 e. The van der Waals surface area contributed by atoms with Crippen LogP contribution in [0.15, 0.2) is 30.6 Å². The van der Waals surface area contributed by atoms with Crippen molar-refractivity contribution in [3.8, 4) is 0 Å². The highest BCUT2D eigenvalue weighted by Gasteiger charge is 2.20. The molecule has 20 heavy (non-hydrogen) atoms. The van der Waals surface area contributed by atoms with E-state index in [1.54, 1.807) is 18.1 Å². The molecule has 0 atom stereocenters. The second kappa shape index (κ2) is 5.91. The summed E-state index contributed by atoms with van der Waals surface area (Å²) >= 11 is 0. The van der Waals surface area contributed by atoms with Gasteiger partial charge in [-0.3, -0.25) is 15.1 Å². The molecular weight excluding hydrogens is 260 g/mol. The van der Waals surface area contributed by atoms with Gasteiger partial charge in [0.05, 0.1) is 4.92 Å². The van der Waals surface area contributed by atoms with Crippen LogP contribution in [-0.2, 0) is 6.42 Å². The van der Waals surface area contributed by atoms with Gasteiger partial charge >= 0.3 is 5.69 Å². The molecule has 0 spiro atoms. The summed E-state index contributed by atoms with van der Waals surface area (Å²) in [5.41, 5.74) is 6.23. The third-order valence-corrected chi connectivity index (χ3v) is 2.76. The SMILES string of the molecule is CN(CCc1ccccn1)c1nc(N)ncc1[N+](=O)[O-]. The van der Waals surface area contributed by atoms with Crippen LogP contribution < -0.4 is 10.6 Å². The van der Waals surface area contributed by atoms with Crippen LogP contribution in [0.3, 0.4) is 0 Å². The average Bonchev–Trinajstić information content (AvgIpc) is 2.45. The molecule has 0 unspecified atom stereocenters. The van der Waals surface area contributed by atoms with Gasteiger partial charge in [-0.05, 0) is 12.1 Å². The molecule has 2 N–H and O–H groups in total. The minimum Gasteiger partial charge on any atom is -0.368 e. The lowest BCUT2D eigenvalue weighted by molar-refractivity contribution is -0.384. The highest BCUT2D eigenvalue weighted by molar-refractivity contribution is 5.57. The molecule has 0 aliphatic rings. The predicted molar refractivity (Wildman–Crippen MR) is 74.3 cm³/mol. The number of anilines is 2. The first kappa shape index (κ1) is 13.7. The van der Waals surface area contributed by atoms with Crippen molar-refractivity contribution in [3.63, 3.8) is 0 Å². The van der Waals surface area contributed by atoms with Gasteiger partial charge in [0.2, 0.25) is 11.8 Å². The third kappa shape index (κ3) is 3.16. The Morgan fingerprint density at radius 3 is 2.85 bits per heavy atom. The summed E-state index contributed by atoms with van der Waals surface area (Å²) < 4.78 is 0. The first-order valence-electron chi connectivity index (χ1n) is 5.96. The molecule has 0 fully saturated rings. The summed E-state index contributed by atoms with van der Waals surface area (Å²) in [5, 5.41) is 11.0. The van der Waals surface area contributed by atoms with Crippen LogP contribution in [0, 0.1) is 10.1 Å². The van der Waals surface area contributed by atoms with Gasteiger partial charge in [-0.15, -0.1) is 0 Å². The molecule has 2 aromatic heterocycles. The van der Waals surface area contributed by atoms with Crippen molar-refractivity contribution >= 4 is 17.5 Å². The maximum absolute atomic E-state index is 11.0. The Kier molecular flexibility index (Phi) is 4.04. The Morgan fingerprint density at radius 1 is 1.40 bits per heavy atom. The van der Waals surface area contributed by atoms with E-state index in [1.165, 1.54) is 0 Å². The fourth-order valence-corrected chi connectivity index (χ4v) is 1.72. The monoisotopic (exact) mass is 274 g/mol. The zero-order valence-electron chi connectivity index (χ0n) is 10.9. The second-order valence-corrected chi connectivity index (χ2v) is 4.19. The van der Waals surface area contributed by atoms with E-state index in [0.29, 0.717) is 13.0 Å². The van der Waals surface area contributed by atoms with Crippen LogP contribution in [0.5, 0.6) is 0 Å². The number of rotatable bonds is 5. The summed E-state index contributed by atoms with van der Waals surface area (Å²) in [7, 11) is 1.72. The van der Waals surface area contributed by atoms with E-state index in [9.17, 15) is 10.1 Å². The molecule has 0 amide bonds. The van der Waals surface area contributed by atoms with Crippen LogP contribution >= 0.6 is 0 Å². The normalized spacial score (nSPS) is 10.2. The highest BCUT2D eigenvalue weighted by Crippen LogP contribution is 2.24. The van der Waals surface area contributed by atoms with Gasteiger partial charge in [0.1, 0.15) is 6.20 Å². The lowest BCUT2D eigenvalue weighted by Gasteiger charge is -2.17. The molecule has 8 nitrogen and oxygen atoms in total. The predicted octanol–water partition coefficient (Wildman–Crippen LogP) is 1.04. The number of nitrogens with two attached hydrogens (primary N) is 1. The number of hydrogen-bond donors (Lipinski definition) is 1. The number of nitrogen functional groups attached to an aromatic ring is 1. The quantitative estimate of drug-likeness (QED) is 0.640. The molecule has 2 heterocycles. The molecule has 0 radical (unpaired) electrons. The number of nitro groups is 1. The average molecular weight is 274 g/mol. The van der Waals surface area contributed by atoms with Gasteiger partial charge in [-0.25, -0.2) is 4.98 Å². The van der Waals surface area contributed by atoms with Crippen LogP contribution in [0.1, 0.15) is 5.69 Å². The summed E-state index contributed by atoms with van der Waals surface area (Å²) in [6.45, 7) is 0.536. The molecule has 0 saturated heterocycles. The van der Waals surface area contributed by atoms with Crippen molar-refractivity contribution in [2.24, 2.45) is 0 Å². The van der Waals surface area contributed by atoms with E-state index >= 15 is 0 Å². The van der Waals surface area contributed by atoms with Crippen LogP contribution in [0.2, 0.25) is 0 Å². The van der Waals surface area contributed by atoms with E-state index < -0.39 is 4.92 Å². The molecular formula is C12H14N6O2. The van der Waals surface area contributed by atoms with Crippen molar-refractivity contribution in [1.29, 1.82) is 0 Å². The zero-order valence-corrected chi connectivity index (χ0v) is 10.9. The van der Waals surface area contributed by atoms with Crippen LogP contribution in [0.25, 0.3) is 0 Å². The van der Waals surface area contributed by atoms with Gasteiger partial charge < -0.3 is 10.6 Å². The summed E-state index contributed by atoms with van der Waals surface area (Å²) in [6.07, 6.45) is 3.48. The van der Waals surface area contributed by atoms with Crippen molar-refractivity contribution in [2.45, 2.75) is 6.42 Å². The molecule has 0 aliphatic heterocycles. The van der Waals surface area contributed by atoms with Crippen LogP contribution in [0.4, 0.5) is 17.5 Å². The van der Waals surface area contributed by atoms with Gasteiger partial charge in [0.25, 0.3) is 0 Å². The second-order valence-electron chi connectivity index (χ2n) is 4.19. The Morgan fingerprint density at radius 2 is 2.20 bits per heavy atom. The van der Waals surface area contributed by atoms with Gasteiger partial charge in [0.15, 0.2) is 0 Å². The minimum atomic E-state index is -0.522. The Bertz CT molecular complexity index is 604. The maximum Gasteiger partial charge on any atom is 0.329 e. The molecule has 2 rings (SSSR count). The van der Waals surface area contributed by atoms with E-state index in [2.05, 4.69) is 15.0 Å². The molecule has 0 aromatic carbocycles. The molecule has 0 aliphatic carbocycles. The van der Waals surface area contributed by atoms with E-state index in [-0.39, 0.29) is 17.5 Å². The fraction of sp³-hybridized carbons (Fsp3) is 0.250. The molecule has 0 bridgehead atoms. The number of likely N-dealkylation sites (N-methyl/N-ethyl adjacent to an activating group) is 1. The van der Waals surface area contributed by atoms with E-state index in [4.69, 9.17) is 5.73 Å². The molecule has 0 saturated carbocycles. The maximum atomic E-state index is 11.0. The van der Waals surface area contributed by atoms with Crippen molar-refractivity contribution in [3.05, 3.63) is 46.4 Å². The third-order valence-electron chi connectivity index (χ3n) is 2.76. The molecule has 8 heteroatoms. The summed E-state index contributed by atoms with van der Waals surface area (Å²) in [5.74, 6) is 0.216. The Balaban J connectivity index is 2.14. The van der Waals surface area contributed by atoms with E-state index in [0.717, 1.165) is 11.9 Å². The zero-order chi connectivity index (χ0) is 14.5. The lowest BCUT2D eigenvalue weighted by atomic mass is 10.2. The molecule has 104 valence electrons. The van der Waals surface area contributed by atoms with Crippen molar-refractivity contribution < 1.29 is 4.92 Å². The largest absolute Gasteiger partial charge is 0.368 e. The van der Waals surface area contributed by atoms with E-state index in [1.807, 2.05) is 18.2 Å². The van der Waals surface area contributed by atoms with Crippen molar-refractivity contribution in [2.75, 3.05) is 24.2 Å². The van der Waals surface area contributed by atoms with Crippen molar-refractivity contribution in [1.82, 2.24) is 15.0 Å². The highest BCUT2D eigenvalue weighted by atomic mass is 16.6. The lowest BCUT2D eigenvalue weighted by Crippen LogP contribution is -2.23. The molecule has 2 aromatic rings. The number of nitrogens with zero attached hydrogens (tertiary/aromatic N) is 5. The Hall–Kier alpha value is -2.77. The number of pyridine rings is 1. The van der Waals surface area contributed by atoms with Crippen LogP contribution in [-0.4, -0.2) is 33.5 Å². The van der Waals surface area contributed by atoms with Gasteiger partial charge in [0, 0.05) is 31.9 Å². The standard InChI is InChI=1S/C12H14N6O2/c1-17(7-5-9-4-2-3-6-14-9)11-10(18(19)20)8-15-12(13)16-11/h2-4,6,8H,5,7H2,1H3,(H2,13,15,16). The number of aromatic nitrogens is 3. The minimum absolute atomic E-state index is 0.00952.